The van der Waals surface area contributed by atoms with Gasteiger partial charge in [-0.1, -0.05) is 6.42 Å². The molecule has 1 aliphatic rings. The van der Waals surface area contributed by atoms with Crippen LogP contribution in [0.15, 0.2) is 0 Å². The molecule has 0 amide bonds. The number of nitrogens with zero attached hydrogens (tertiary/aromatic N) is 1. The molecule has 1 N–H and O–H groups in total. The highest BCUT2D eigenvalue weighted by Gasteiger charge is 2.25. The van der Waals surface area contributed by atoms with Crippen LogP contribution < -0.4 is 0 Å². The Bertz CT molecular complexity index is 192. The van der Waals surface area contributed by atoms with Crippen LogP contribution in [-0.4, -0.2) is 41.5 Å². The predicted octanol–water partition coefficient (Wildman–Crippen LogP) is 1.20. The van der Waals surface area contributed by atoms with Gasteiger partial charge in [-0.05, 0) is 33.2 Å². The molecule has 1 aliphatic carbocycles. The number of carbonyl (C=O) groups excluding carboxylic acids is 1. The number of likely N-dealkylation sites (N-methyl/N-ethyl adjacent to an activating group) is 1. The van der Waals surface area contributed by atoms with Crippen LogP contribution in [0.4, 0.5) is 0 Å². The van der Waals surface area contributed by atoms with E-state index in [1.54, 1.807) is 6.92 Å². The molecule has 3 nitrogen and oxygen atoms in total. The summed E-state index contributed by atoms with van der Waals surface area (Å²) >= 11 is 0. The topological polar surface area (TPSA) is 40.5 Å². The van der Waals surface area contributed by atoms with Crippen LogP contribution in [0, 0.1) is 0 Å². The van der Waals surface area contributed by atoms with Gasteiger partial charge < -0.3 is 5.11 Å². The van der Waals surface area contributed by atoms with Crippen molar-refractivity contribution in [2.75, 3.05) is 13.6 Å². The van der Waals surface area contributed by atoms with Gasteiger partial charge in [-0.25, -0.2) is 0 Å². The van der Waals surface area contributed by atoms with E-state index in [-0.39, 0.29) is 12.1 Å². The summed E-state index contributed by atoms with van der Waals surface area (Å²) in [5, 5.41) is 9.15. The van der Waals surface area contributed by atoms with Crippen molar-refractivity contribution in [3.8, 4) is 0 Å². The molecule has 0 aromatic heterocycles. The molecule has 1 rings (SSSR count). The Balaban J connectivity index is 2.34. The minimum Gasteiger partial charge on any atom is -0.393 e. The SMILES string of the molecule is CC(O)CCN(C)C1CCCCC1=O. The average Bonchev–Trinajstić information content (AvgIpc) is 2.15. The smallest absolute Gasteiger partial charge is 0.149 e. The average molecular weight is 199 g/mol. The van der Waals surface area contributed by atoms with Crippen LogP contribution in [0.1, 0.15) is 39.0 Å². The van der Waals surface area contributed by atoms with Crippen molar-refractivity contribution in [1.29, 1.82) is 0 Å². The first-order valence-electron chi connectivity index (χ1n) is 5.52. The molecule has 0 radical (unpaired) electrons. The molecule has 2 unspecified atom stereocenters. The summed E-state index contributed by atoms with van der Waals surface area (Å²) in [6.45, 7) is 2.60. The van der Waals surface area contributed by atoms with Gasteiger partial charge in [-0.15, -0.1) is 0 Å². The Hall–Kier alpha value is -0.410. The van der Waals surface area contributed by atoms with Crippen molar-refractivity contribution < 1.29 is 9.90 Å². The first-order chi connectivity index (χ1) is 6.61. The van der Waals surface area contributed by atoms with E-state index in [9.17, 15) is 4.79 Å². The van der Waals surface area contributed by atoms with Gasteiger partial charge >= 0.3 is 0 Å². The zero-order valence-electron chi connectivity index (χ0n) is 9.20. The second-order valence-corrected chi connectivity index (χ2v) is 4.35. The second-order valence-electron chi connectivity index (χ2n) is 4.35. The maximum Gasteiger partial charge on any atom is 0.149 e. The number of aliphatic hydroxyl groups is 1. The molecule has 82 valence electrons. The summed E-state index contributed by atoms with van der Waals surface area (Å²) in [5.41, 5.74) is 0. The van der Waals surface area contributed by atoms with E-state index in [0.717, 1.165) is 38.6 Å². The quantitative estimate of drug-likeness (QED) is 0.739. The van der Waals surface area contributed by atoms with Crippen molar-refractivity contribution in [1.82, 2.24) is 4.90 Å². The van der Waals surface area contributed by atoms with Gasteiger partial charge in [0.05, 0.1) is 12.1 Å². The van der Waals surface area contributed by atoms with Gasteiger partial charge in [-0.2, -0.15) is 0 Å². The third kappa shape index (κ3) is 3.39. The Kier molecular flexibility index (Phi) is 4.55. The van der Waals surface area contributed by atoms with Gasteiger partial charge in [0, 0.05) is 13.0 Å². The van der Waals surface area contributed by atoms with Crippen LogP contribution in [0.3, 0.4) is 0 Å². The van der Waals surface area contributed by atoms with E-state index in [2.05, 4.69) is 4.90 Å². The van der Waals surface area contributed by atoms with E-state index in [1.807, 2.05) is 7.05 Å². The second kappa shape index (κ2) is 5.47. The normalized spacial score (nSPS) is 25.4. The first kappa shape index (κ1) is 11.7. The van der Waals surface area contributed by atoms with Gasteiger partial charge in [0.25, 0.3) is 0 Å². The molecule has 14 heavy (non-hydrogen) atoms. The standard InChI is InChI=1S/C11H21NO2/c1-9(13)7-8-12(2)10-5-3-4-6-11(10)14/h9-10,13H,3-8H2,1-2H3. The molecule has 1 saturated carbocycles. The largest absolute Gasteiger partial charge is 0.393 e. The number of aliphatic hydroxyl groups excluding tert-OH is 1. The van der Waals surface area contributed by atoms with Crippen LogP contribution in [-0.2, 0) is 4.79 Å². The number of hydrogen-bond donors (Lipinski definition) is 1. The lowest BCUT2D eigenvalue weighted by atomic mass is 9.93. The lowest BCUT2D eigenvalue weighted by Crippen LogP contribution is -2.41. The predicted molar refractivity (Wildman–Crippen MR) is 56.2 cm³/mol. The Morgan fingerprint density at radius 3 is 2.86 bits per heavy atom. The molecular formula is C11H21NO2. The summed E-state index contributed by atoms with van der Waals surface area (Å²) in [6, 6.07) is 0.113. The van der Waals surface area contributed by atoms with Crippen molar-refractivity contribution >= 4 is 5.78 Å². The highest BCUT2D eigenvalue weighted by molar-refractivity contribution is 5.84. The minimum absolute atomic E-state index is 0.113. The Morgan fingerprint density at radius 1 is 1.57 bits per heavy atom. The fourth-order valence-electron chi connectivity index (χ4n) is 1.98. The van der Waals surface area contributed by atoms with Crippen molar-refractivity contribution in [2.45, 2.75) is 51.2 Å². The van der Waals surface area contributed by atoms with Gasteiger partial charge in [0.2, 0.25) is 0 Å². The Morgan fingerprint density at radius 2 is 2.29 bits per heavy atom. The number of ketones is 1. The molecule has 0 saturated heterocycles. The van der Waals surface area contributed by atoms with Crippen LogP contribution in [0.2, 0.25) is 0 Å². The molecular weight excluding hydrogens is 178 g/mol. The van der Waals surface area contributed by atoms with Gasteiger partial charge in [0.15, 0.2) is 0 Å². The summed E-state index contributed by atoms with van der Waals surface area (Å²) in [5.74, 6) is 0.379. The lowest BCUT2D eigenvalue weighted by molar-refractivity contribution is -0.125. The van der Waals surface area contributed by atoms with E-state index in [1.165, 1.54) is 0 Å². The van der Waals surface area contributed by atoms with E-state index in [4.69, 9.17) is 5.11 Å². The van der Waals surface area contributed by atoms with Crippen molar-refractivity contribution in [3.63, 3.8) is 0 Å². The summed E-state index contributed by atoms with van der Waals surface area (Å²) in [6.07, 6.45) is 4.44. The maximum atomic E-state index is 11.6. The van der Waals surface area contributed by atoms with E-state index < -0.39 is 0 Å². The number of Topliss-reactive ketones (excluding diaryl/α,β-unsaturated/α-hetero) is 1. The molecule has 2 atom stereocenters. The highest BCUT2D eigenvalue weighted by Crippen LogP contribution is 2.18. The fraction of sp³-hybridized carbons (Fsp3) is 0.909. The van der Waals surface area contributed by atoms with Crippen molar-refractivity contribution in [2.24, 2.45) is 0 Å². The van der Waals surface area contributed by atoms with Gasteiger partial charge in [-0.3, -0.25) is 9.69 Å². The molecule has 0 aromatic rings. The zero-order valence-corrected chi connectivity index (χ0v) is 9.20. The molecule has 1 fully saturated rings. The summed E-state index contributed by atoms with van der Waals surface area (Å²) in [4.78, 5) is 13.7. The maximum absolute atomic E-state index is 11.6. The van der Waals surface area contributed by atoms with E-state index in [0.29, 0.717) is 5.78 Å². The van der Waals surface area contributed by atoms with E-state index >= 15 is 0 Å². The fourth-order valence-corrected chi connectivity index (χ4v) is 1.98. The highest BCUT2D eigenvalue weighted by atomic mass is 16.3. The monoisotopic (exact) mass is 199 g/mol. The minimum atomic E-state index is -0.267. The molecule has 0 aromatic carbocycles. The number of rotatable bonds is 4. The van der Waals surface area contributed by atoms with Crippen LogP contribution in [0.5, 0.6) is 0 Å². The third-order valence-electron chi connectivity index (χ3n) is 2.95. The third-order valence-corrected chi connectivity index (χ3v) is 2.95. The molecule has 0 heterocycles. The number of hydrogen-bond acceptors (Lipinski definition) is 3. The van der Waals surface area contributed by atoms with Gasteiger partial charge in [0.1, 0.15) is 5.78 Å². The Labute approximate surface area is 86.1 Å². The lowest BCUT2D eigenvalue weighted by Gasteiger charge is -2.30. The molecule has 3 heteroatoms. The number of carbonyl (C=O) groups is 1. The molecule has 0 spiro atoms. The van der Waals surface area contributed by atoms with Crippen LogP contribution >= 0.6 is 0 Å². The van der Waals surface area contributed by atoms with Crippen LogP contribution in [0.25, 0.3) is 0 Å². The summed E-state index contributed by atoms with van der Waals surface area (Å²) < 4.78 is 0. The van der Waals surface area contributed by atoms with Crippen molar-refractivity contribution in [3.05, 3.63) is 0 Å². The molecule has 0 aliphatic heterocycles. The zero-order chi connectivity index (χ0) is 10.6. The molecule has 0 bridgehead atoms. The first-order valence-corrected chi connectivity index (χ1v) is 5.52. The summed E-state index contributed by atoms with van der Waals surface area (Å²) in [7, 11) is 1.98.